The number of hydrogen-bond acceptors (Lipinski definition) is 4. The number of hydrogen-bond donors (Lipinski definition) is 2. The lowest BCUT2D eigenvalue weighted by Gasteiger charge is -2.09. The van der Waals surface area contributed by atoms with Crippen molar-refractivity contribution in [1.82, 2.24) is 5.27 Å². The Morgan fingerprint density at radius 3 is 2.65 bits per heavy atom. The predicted molar refractivity (Wildman–Crippen MR) is 75.9 cm³/mol. The lowest BCUT2D eigenvalue weighted by atomic mass is 10.3. The van der Waals surface area contributed by atoms with Gasteiger partial charge in [-0.15, -0.1) is 0 Å². The van der Waals surface area contributed by atoms with Gasteiger partial charge in [0.2, 0.25) is 5.91 Å². The van der Waals surface area contributed by atoms with E-state index in [1.807, 2.05) is 0 Å². The number of nitrogens with one attached hydrogen (secondary N) is 2. The van der Waals surface area contributed by atoms with Crippen LogP contribution in [0.4, 0.5) is 5.69 Å². The highest BCUT2D eigenvalue weighted by Gasteiger charge is 2.25. The van der Waals surface area contributed by atoms with E-state index in [9.17, 15) is 9.59 Å². The molecule has 0 radical (unpaired) electrons. The Bertz CT molecular complexity index is 665. The van der Waals surface area contributed by atoms with Gasteiger partial charge in [0, 0.05) is 10.7 Å². The number of aromatic amines is 1. The van der Waals surface area contributed by atoms with Crippen molar-refractivity contribution in [2.24, 2.45) is 7.05 Å². The Hall–Kier alpha value is -1.73. The van der Waals surface area contributed by atoms with Crippen LogP contribution in [-0.4, -0.2) is 16.4 Å². The second-order valence-corrected chi connectivity index (χ2v) is 5.87. The molecule has 1 heterocycles. The normalized spacial score (nSPS) is 12.2. The van der Waals surface area contributed by atoms with Crippen molar-refractivity contribution in [3.8, 4) is 0 Å². The molecule has 0 aliphatic rings. The summed E-state index contributed by atoms with van der Waals surface area (Å²) in [5.74, 6) is -0.210. The Kier molecular flexibility index (Phi) is 4.51. The average Bonchev–Trinajstić information content (AvgIpc) is 2.73. The smallest absolute Gasteiger partial charge is 0.325 e. The lowest BCUT2D eigenvalue weighted by molar-refractivity contribution is -0.772. The van der Waals surface area contributed by atoms with Gasteiger partial charge >= 0.3 is 10.7 Å². The maximum Gasteiger partial charge on any atom is 0.441 e. The number of benzene rings is 1. The molecule has 2 N–H and O–H groups in total. The Balaban J connectivity index is 2.02. The van der Waals surface area contributed by atoms with Crippen molar-refractivity contribution in [3.05, 3.63) is 39.7 Å². The first-order valence-electron chi connectivity index (χ1n) is 5.78. The second kappa shape index (κ2) is 6.15. The molecule has 20 heavy (non-hydrogen) atoms. The van der Waals surface area contributed by atoms with Crippen LogP contribution in [0.2, 0.25) is 5.02 Å². The fourth-order valence-corrected chi connectivity index (χ4v) is 2.42. The van der Waals surface area contributed by atoms with Gasteiger partial charge in [-0.05, 0) is 48.2 Å². The summed E-state index contributed by atoms with van der Waals surface area (Å²) in [6, 6.07) is 6.80. The van der Waals surface area contributed by atoms with Gasteiger partial charge in [0.05, 0.1) is 5.25 Å². The van der Waals surface area contributed by atoms with Gasteiger partial charge < -0.3 is 5.32 Å². The van der Waals surface area contributed by atoms with Crippen molar-refractivity contribution in [2.75, 3.05) is 5.32 Å². The first-order chi connectivity index (χ1) is 9.47. The first kappa shape index (κ1) is 14.7. The zero-order chi connectivity index (χ0) is 14.7. The quantitative estimate of drug-likeness (QED) is 0.663. The average molecular weight is 315 g/mol. The summed E-state index contributed by atoms with van der Waals surface area (Å²) in [6.07, 6.45) is 0. The molecule has 0 fully saturated rings. The van der Waals surface area contributed by atoms with E-state index < -0.39 is 10.9 Å². The van der Waals surface area contributed by atoms with Crippen molar-refractivity contribution in [3.63, 3.8) is 0 Å². The Labute approximate surface area is 124 Å². The zero-order valence-corrected chi connectivity index (χ0v) is 12.4. The number of amides is 1. The third-order valence-electron chi connectivity index (χ3n) is 2.52. The lowest BCUT2D eigenvalue weighted by Crippen LogP contribution is -2.35. The predicted octanol–water partition coefficient (Wildman–Crippen LogP) is 1.57. The number of nitrogens with zero attached hydrogens (tertiary/aromatic N) is 1. The highest BCUT2D eigenvalue weighted by atomic mass is 35.5. The number of H-pyrrole nitrogens is 1. The minimum absolute atomic E-state index is 0.210. The summed E-state index contributed by atoms with van der Waals surface area (Å²) in [5.41, 5.74) is 0.154. The number of aryl methyl sites for hydroxylation is 1. The molecule has 0 bridgehead atoms. The molecule has 6 nitrogen and oxygen atoms in total. The van der Waals surface area contributed by atoms with Gasteiger partial charge in [-0.2, -0.15) is 0 Å². The van der Waals surface area contributed by atoms with Crippen LogP contribution in [0.15, 0.2) is 38.6 Å². The van der Waals surface area contributed by atoms with Crippen LogP contribution >= 0.6 is 23.4 Å². The molecule has 1 amide bonds. The third-order valence-corrected chi connectivity index (χ3v) is 4.01. The van der Waals surface area contributed by atoms with Gasteiger partial charge in [0.15, 0.2) is 7.05 Å². The Morgan fingerprint density at radius 2 is 2.10 bits per heavy atom. The number of carbonyl (C=O) groups excluding carboxylic acids is 1. The first-order valence-corrected chi connectivity index (χ1v) is 7.03. The molecular formula is C12H13ClN3O3S+. The number of thioether (sulfide) groups is 1. The van der Waals surface area contributed by atoms with Crippen LogP contribution in [0.1, 0.15) is 6.92 Å². The topological polar surface area (TPSA) is 79.0 Å². The summed E-state index contributed by atoms with van der Waals surface area (Å²) >= 11 is 6.89. The molecule has 106 valence electrons. The molecule has 8 heteroatoms. The molecule has 1 unspecified atom stereocenters. The van der Waals surface area contributed by atoms with E-state index in [1.165, 1.54) is 4.68 Å². The highest BCUT2D eigenvalue weighted by Crippen LogP contribution is 2.19. The second-order valence-electron chi connectivity index (χ2n) is 4.10. The van der Waals surface area contributed by atoms with Gasteiger partial charge in [0.1, 0.15) is 0 Å². The van der Waals surface area contributed by atoms with Crippen molar-refractivity contribution in [1.29, 1.82) is 0 Å². The number of rotatable bonds is 4. The van der Waals surface area contributed by atoms with Gasteiger partial charge in [-0.3, -0.25) is 9.32 Å². The summed E-state index contributed by atoms with van der Waals surface area (Å²) in [5, 5.41) is 5.64. The summed E-state index contributed by atoms with van der Waals surface area (Å²) in [4.78, 5) is 23.4. The van der Waals surface area contributed by atoms with Gasteiger partial charge in [-0.25, -0.2) is 4.79 Å². The van der Waals surface area contributed by atoms with E-state index in [2.05, 4.69) is 15.1 Å². The maximum absolute atomic E-state index is 12.0. The standard InChI is InChI=1S/C12H12ClN3O3S/c1-7(20-11-12(18)19-15-16(11)2)10(17)14-9-5-3-8(13)4-6-9/h3-7H,1-2H3,(H-,14,15,17,18)/p+1. The minimum Gasteiger partial charge on any atom is -0.325 e. The number of aromatic nitrogens is 2. The van der Waals surface area contributed by atoms with Crippen molar-refractivity contribution in [2.45, 2.75) is 17.2 Å². The summed E-state index contributed by atoms with van der Waals surface area (Å²) in [7, 11) is 1.64. The molecule has 2 rings (SSSR count). The monoisotopic (exact) mass is 314 g/mol. The summed E-state index contributed by atoms with van der Waals surface area (Å²) in [6.45, 7) is 1.71. The van der Waals surface area contributed by atoms with Crippen LogP contribution in [0.25, 0.3) is 0 Å². The largest absolute Gasteiger partial charge is 0.441 e. The van der Waals surface area contributed by atoms with Crippen LogP contribution in [-0.2, 0) is 11.8 Å². The molecule has 0 spiro atoms. The SMILES string of the molecule is CC(Sc1c(=O)o[nH][n+]1C)C(=O)Nc1ccc(Cl)cc1. The fourth-order valence-electron chi connectivity index (χ4n) is 1.46. The number of anilines is 1. The fraction of sp³-hybridized carbons (Fsp3) is 0.250. The van der Waals surface area contributed by atoms with E-state index in [0.29, 0.717) is 15.7 Å². The molecule has 1 aromatic carbocycles. The van der Waals surface area contributed by atoms with Crippen LogP contribution in [0, 0.1) is 0 Å². The molecular weight excluding hydrogens is 302 g/mol. The molecule has 0 saturated heterocycles. The van der Waals surface area contributed by atoms with E-state index >= 15 is 0 Å². The van der Waals surface area contributed by atoms with Crippen LogP contribution in [0.5, 0.6) is 0 Å². The van der Waals surface area contributed by atoms with E-state index in [4.69, 9.17) is 11.6 Å². The molecule has 0 aliphatic carbocycles. The zero-order valence-electron chi connectivity index (χ0n) is 10.8. The molecule has 0 aliphatic heterocycles. The van der Waals surface area contributed by atoms with Gasteiger partial charge in [0.25, 0.3) is 0 Å². The number of halogens is 1. The third kappa shape index (κ3) is 3.43. The minimum atomic E-state index is -0.497. The molecule has 2 aromatic rings. The van der Waals surface area contributed by atoms with E-state index in [0.717, 1.165) is 11.8 Å². The van der Waals surface area contributed by atoms with E-state index in [-0.39, 0.29) is 5.91 Å². The van der Waals surface area contributed by atoms with Crippen LogP contribution in [0.3, 0.4) is 0 Å². The molecule has 1 atom stereocenters. The van der Waals surface area contributed by atoms with E-state index in [1.54, 1.807) is 38.2 Å². The maximum atomic E-state index is 12.0. The van der Waals surface area contributed by atoms with Crippen LogP contribution < -0.4 is 15.6 Å². The Morgan fingerprint density at radius 1 is 1.45 bits per heavy atom. The van der Waals surface area contributed by atoms with Crippen molar-refractivity contribution >= 4 is 35.0 Å². The van der Waals surface area contributed by atoms with Gasteiger partial charge in [-0.1, -0.05) is 16.3 Å². The molecule has 1 aromatic heterocycles. The summed E-state index contributed by atoms with van der Waals surface area (Å²) < 4.78 is 6.05. The number of carbonyl (C=O) groups is 1. The molecule has 0 saturated carbocycles. The highest BCUT2D eigenvalue weighted by molar-refractivity contribution is 8.00. The van der Waals surface area contributed by atoms with Crippen molar-refractivity contribution < 1.29 is 14.0 Å².